The van der Waals surface area contributed by atoms with E-state index in [9.17, 15) is 14.7 Å². The summed E-state index contributed by atoms with van der Waals surface area (Å²) in [6, 6.07) is 6.15. The van der Waals surface area contributed by atoms with E-state index in [0.29, 0.717) is 19.4 Å². The molecule has 1 heterocycles. The van der Waals surface area contributed by atoms with Crippen LogP contribution in [-0.2, 0) is 22.6 Å². The first kappa shape index (κ1) is 13.5. The number of carbonyl (C=O) groups excluding carboxylic acids is 1. The van der Waals surface area contributed by atoms with Crippen molar-refractivity contribution in [2.75, 3.05) is 0 Å². The van der Waals surface area contributed by atoms with E-state index in [2.05, 4.69) is 0 Å². The summed E-state index contributed by atoms with van der Waals surface area (Å²) in [5, 5.41) is 9.30. The average molecular weight is 262 g/mol. The van der Waals surface area contributed by atoms with E-state index in [4.69, 9.17) is 5.73 Å². The first-order chi connectivity index (χ1) is 9.04. The van der Waals surface area contributed by atoms with Gasteiger partial charge in [0.05, 0.1) is 6.04 Å². The van der Waals surface area contributed by atoms with Crippen LogP contribution in [0.15, 0.2) is 24.3 Å². The van der Waals surface area contributed by atoms with Gasteiger partial charge in [0.1, 0.15) is 6.04 Å². The summed E-state index contributed by atoms with van der Waals surface area (Å²) in [5.41, 5.74) is 7.73. The standard InChI is InChI=1S/C14H18N2O3/c1-2-11(15)13(17)16-8-10-6-4-3-5-9(10)7-12(16)14(18)19/h3-6,11-12H,2,7-8,15H2,1H3,(H,18,19)/t11-,12-/m0/s1. The van der Waals surface area contributed by atoms with Gasteiger partial charge in [0.2, 0.25) is 5.91 Å². The number of amides is 1. The van der Waals surface area contributed by atoms with E-state index in [0.717, 1.165) is 11.1 Å². The van der Waals surface area contributed by atoms with Crippen LogP contribution in [0.3, 0.4) is 0 Å². The molecule has 19 heavy (non-hydrogen) atoms. The minimum atomic E-state index is -0.980. The number of nitrogens with zero attached hydrogens (tertiary/aromatic N) is 1. The summed E-state index contributed by atoms with van der Waals surface area (Å²) in [5.74, 6) is -1.27. The van der Waals surface area contributed by atoms with E-state index in [1.165, 1.54) is 4.90 Å². The van der Waals surface area contributed by atoms with Gasteiger partial charge in [-0.2, -0.15) is 0 Å². The summed E-state index contributed by atoms with van der Waals surface area (Å²) in [6.07, 6.45) is 0.844. The molecule has 1 aliphatic heterocycles. The molecule has 5 nitrogen and oxygen atoms in total. The highest BCUT2D eigenvalue weighted by Gasteiger charge is 2.35. The second-order valence-electron chi connectivity index (χ2n) is 4.81. The molecule has 0 bridgehead atoms. The Kier molecular flexibility index (Phi) is 3.85. The van der Waals surface area contributed by atoms with Crippen LogP contribution in [0.1, 0.15) is 24.5 Å². The van der Waals surface area contributed by atoms with Crippen molar-refractivity contribution in [1.82, 2.24) is 4.90 Å². The maximum Gasteiger partial charge on any atom is 0.326 e. The molecule has 2 rings (SSSR count). The quantitative estimate of drug-likeness (QED) is 0.842. The SMILES string of the molecule is CC[C@H](N)C(=O)N1Cc2ccccc2C[C@H]1C(=O)O. The minimum Gasteiger partial charge on any atom is -0.480 e. The van der Waals surface area contributed by atoms with Gasteiger partial charge in [-0.1, -0.05) is 31.2 Å². The molecular weight excluding hydrogens is 244 g/mol. The smallest absolute Gasteiger partial charge is 0.326 e. The van der Waals surface area contributed by atoms with Crippen LogP contribution in [0.2, 0.25) is 0 Å². The number of rotatable bonds is 3. The normalized spacial score (nSPS) is 19.7. The molecule has 5 heteroatoms. The Morgan fingerprint density at radius 1 is 1.42 bits per heavy atom. The molecule has 102 valence electrons. The van der Waals surface area contributed by atoms with Gasteiger partial charge in [-0.3, -0.25) is 4.79 Å². The molecule has 1 aromatic carbocycles. The van der Waals surface area contributed by atoms with Gasteiger partial charge in [-0.15, -0.1) is 0 Å². The zero-order chi connectivity index (χ0) is 14.0. The van der Waals surface area contributed by atoms with Crippen molar-refractivity contribution in [3.63, 3.8) is 0 Å². The van der Waals surface area contributed by atoms with Gasteiger partial charge in [-0.05, 0) is 17.5 Å². The largest absolute Gasteiger partial charge is 0.480 e. The molecule has 1 aliphatic rings. The van der Waals surface area contributed by atoms with Crippen LogP contribution >= 0.6 is 0 Å². The van der Waals surface area contributed by atoms with Crippen molar-refractivity contribution in [3.05, 3.63) is 35.4 Å². The topological polar surface area (TPSA) is 83.6 Å². The molecule has 3 N–H and O–H groups in total. The van der Waals surface area contributed by atoms with Crippen LogP contribution in [0.25, 0.3) is 0 Å². The van der Waals surface area contributed by atoms with Crippen LogP contribution in [-0.4, -0.2) is 34.0 Å². The van der Waals surface area contributed by atoms with Crippen molar-refractivity contribution >= 4 is 11.9 Å². The van der Waals surface area contributed by atoms with E-state index in [1.54, 1.807) is 0 Å². The Morgan fingerprint density at radius 2 is 2.05 bits per heavy atom. The molecule has 0 saturated heterocycles. The summed E-state index contributed by atoms with van der Waals surface area (Å²) in [7, 11) is 0. The number of hydrogen-bond acceptors (Lipinski definition) is 3. The zero-order valence-corrected chi connectivity index (χ0v) is 10.9. The lowest BCUT2D eigenvalue weighted by Crippen LogP contribution is -2.53. The van der Waals surface area contributed by atoms with Gasteiger partial charge in [0, 0.05) is 13.0 Å². The van der Waals surface area contributed by atoms with Gasteiger partial charge in [-0.25, -0.2) is 4.79 Å². The first-order valence-electron chi connectivity index (χ1n) is 6.40. The van der Waals surface area contributed by atoms with Crippen molar-refractivity contribution in [3.8, 4) is 0 Å². The third-order valence-electron chi connectivity index (χ3n) is 3.57. The Morgan fingerprint density at radius 3 is 2.63 bits per heavy atom. The summed E-state index contributed by atoms with van der Waals surface area (Å²) >= 11 is 0. The van der Waals surface area contributed by atoms with Gasteiger partial charge >= 0.3 is 5.97 Å². The molecular formula is C14H18N2O3. The number of aliphatic carboxylic acids is 1. The van der Waals surface area contributed by atoms with Crippen molar-refractivity contribution in [1.29, 1.82) is 0 Å². The third-order valence-corrected chi connectivity index (χ3v) is 3.57. The maximum absolute atomic E-state index is 12.2. The van der Waals surface area contributed by atoms with Crippen LogP contribution in [0, 0.1) is 0 Å². The third kappa shape index (κ3) is 2.61. The Bertz CT molecular complexity index is 501. The van der Waals surface area contributed by atoms with Gasteiger partial charge in [0.15, 0.2) is 0 Å². The molecule has 1 amide bonds. The fourth-order valence-electron chi connectivity index (χ4n) is 2.36. The van der Waals surface area contributed by atoms with E-state index >= 15 is 0 Å². The zero-order valence-electron chi connectivity index (χ0n) is 10.9. The maximum atomic E-state index is 12.2. The van der Waals surface area contributed by atoms with E-state index in [1.807, 2.05) is 31.2 Å². The summed E-state index contributed by atoms with van der Waals surface area (Å²) in [6.45, 7) is 2.13. The molecule has 1 aromatic rings. The fourth-order valence-corrected chi connectivity index (χ4v) is 2.36. The van der Waals surface area contributed by atoms with Gasteiger partial charge in [0.25, 0.3) is 0 Å². The van der Waals surface area contributed by atoms with Crippen LogP contribution in [0.5, 0.6) is 0 Å². The second-order valence-corrected chi connectivity index (χ2v) is 4.81. The lowest BCUT2D eigenvalue weighted by atomic mass is 9.93. The molecule has 0 aromatic heterocycles. The second kappa shape index (κ2) is 5.40. The molecule has 0 spiro atoms. The van der Waals surface area contributed by atoms with E-state index < -0.39 is 18.1 Å². The Hall–Kier alpha value is -1.88. The van der Waals surface area contributed by atoms with Crippen molar-refractivity contribution < 1.29 is 14.7 Å². The predicted octanol–water partition coefficient (Wildman–Crippen LogP) is 0.762. The average Bonchev–Trinajstić information content (AvgIpc) is 2.44. The Balaban J connectivity index is 2.31. The highest BCUT2D eigenvalue weighted by molar-refractivity contribution is 5.87. The number of carbonyl (C=O) groups is 2. The number of carboxylic acid groups (broad SMARTS) is 1. The van der Waals surface area contributed by atoms with Crippen molar-refractivity contribution in [2.45, 2.75) is 38.4 Å². The predicted molar refractivity (Wildman–Crippen MR) is 70.4 cm³/mol. The lowest BCUT2D eigenvalue weighted by molar-refractivity contribution is -0.152. The Labute approximate surface area is 112 Å². The fraction of sp³-hybridized carbons (Fsp3) is 0.429. The van der Waals surface area contributed by atoms with Crippen LogP contribution < -0.4 is 5.73 Å². The first-order valence-corrected chi connectivity index (χ1v) is 6.40. The summed E-state index contributed by atoms with van der Waals surface area (Å²) in [4.78, 5) is 24.9. The number of benzene rings is 1. The number of nitrogens with two attached hydrogens (primary N) is 1. The van der Waals surface area contributed by atoms with Crippen LogP contribution in [0.4, 0.5) is 0 Å². The van der Waals surface area contributed by atoms with Crippen molar-refractivity contribution in [2.24, 2.45) is 5.73 Å². The highest BCUT2D eigenvalue weighted by atomic mass is 16.4. The lowest BCUT2D eigenvalue weighted by Gasteiger charge is -2.35. The summed E-state index contributed by atoms with van der Waals surface area (Å²) < 4.78 is 0. The van der Waals surface area contributed by atoms with E-state index in [-0.39, 0.29) is 5.91 Å². The number of carboxylic acids is 1. The molecule has 0 unspecified atom stereocenters. The molecule has 0 aliphatic carbocycles. The molecule has 0 fully saturated rings. The molecule has 0 radical (unpaired) electrons. The van der Waals surface area contributed by atoms with Gasteiger partial charge < -0.3 is 15.7 Å². The minimum absolute atomic E-state index is 0.288. The highest BCUT2D eigenvalue weighted by Crippen LogP contribution is 2.24. The molecule has 2 atom stereocenters. The monoisotopic (exact) mass is 262 g/mol. The molecule has 0 saturated carbocycles. The number of hydrogen-bond donors (Lipinski definition) is 2. The number of fused-ring (bicyclic) bond motifs is 1.